The van der Waals surface area contributed by atoms with Crippen molar-refractivity contribution in [3.05, 3.63) is 33.7 Å². The molecule has 5 aliphatic rings. The normalized spacial score (nSPS) is 42.6. The molecule has 4 fully saturated rings. The summed E-state index contributed by atoms with van der Waals surface area (Å²) < 4.78 is 0. The summed E-state index contributed by atoms with van der Waals surface area (Å²) in [5, 5.41) is 22.4. The van der Waals surface area contributed by atoms with Gasteiger partial charge < -0.3 is 15.1 Å². The second-order valence-corrected chi connectivity index (χ2v) is 14.5. The van der Waals surface area contributed by atoms with E-state index in [2.05, 4.69) is 58.2 Å². The minimum absolute atomic E-state index is 0.00213. The molecule has 37 heavy (non-hydrogen) atoms. The number of hydrogen-bond acceptors (Lipinski definition) is 3. The van der Waals surface area contributed by atoms with Gasteiger partial charge in [0, 0.05) is 29.1 Å². The summed E-state index contributed by atoms with van der Waals surface area (Å²) in [6.07, 6.45) is 14.3. The summed E-state index contributed by atoms with van der Waals surface area (Å²) >= 11 is 0. The standard InChI is InChI=1S/C33H45NO3/c1-21-22-9-10-25-31(4,23(22)19-24(35)27(21)36)14-16-33(6)26-20-30(3,28(37)34-17-7-8-18-34)12-11-29(26,2)13-15-32(25,33)5/h9-10,19,26,35-36H,1,7-8,11-18,20H2,2-6H3/t26-,29-,30-,31+,32-,33+/m1/s1. The number of fused-ring (bicyclic) bond motifs is 7. The number of benzene rings is 1. The Bertz CT molecular complexity index is 1320. The molecule has 6 atom stereocenters. The number of phenols is 2. The Kier molecular flexibility index (Phi) is 5.20. The van der Waals surface area contributed by atoms with Gasteiger partial charge in [0.15, 0.2) is 11.5 Å². The first-order valence-corrected chi connectivity index (χ1v) is 14.6. The number of allylic oxidation sites excluding steroid dienone is 2. The fourth-order valence-electron chi connectivity index (χ4n) is 9.86. The lowest BCUT2D eigenvalue weighted by Crippen LogP contribution is -2.63. The molecular weight excluding hydrogens is 458 g/mol. The summed E-state index contributed by atoms with van der Waals surface area (Å²) in [5.74, 6) is 0.714. The number of aromatic hydroxyl groups is 2. The van der Waals surface area contributed by atoms with Crippen molar-refractivity contribution in [2.45, 2.75) is 97.8 Å². The van der Waals surface area contributed by atoms with Crippen LogP contribution in [0, 0.1) is 27.6 Å². The maximum Gasteiger partial charge on any atom is 0.228 e. The van der Waals surface area contributed by atoms with Gasteiger partial charge in [-0.15, -0.1) is 0 Å². The number of hydrogen-bond donors (Lipinski definition) is 2. The molecule has 200 valence electrons. The van der Waals surface area contributed by atoms with Crippen molar-refractivity contribution >= 4 is 18.6 Å². The van der Waals surface area contributed by atoms with Crippen LogP contribution < -0.4 is 10.4 Å². The van der Waals surface area contributed by atoms with Gasteiger partial charge >= 0.3 is 0 Å². The highest BCUT2D eigenvalue weighted by Gasteiger charge is 2.67. The van der Waals surface area contributed by atoms with Gasteiger partial charge in [0.05, 0.1) is 0 Å². The molecule has 0 unspecified atom stereocenters. The Morgan fingerprint density at radius 1 is 0.946 bits per heavy atom. The molecule has 6 rings (SSSR count). The molecule has 1 aliphatic heterocycles. The monoisotopic (exact) mass is 503 g/mol. The summed E-state index contributed by atoms with van der Waals surface area (Å²) in [6, 6.07) is 1.79. The molecule has 4 heteroatoms. The number of phenolic OH excluding ortho intramolecular Hbond substituents is 2. The highest BCUT2D eigenvalue weighted by atomic mass is 16.3. The Morgan fingerprint density at radius 2 is 1.62 bits per heavy atom. The van der Waals surface area contributed by atoms with Crippen molar-refractivity contribution in [3.8, 4) is 11.5 Å². The minimum Gasteiger partial charge on any atom is -0.504 e. The first-order valence-electron chi connectivity index (χ1n) is 14.6. The molecule has 1 heterocycles. The van der Waals surface area contributed by atoms with Crippen LogP contribution in [0.4, 0.5) is 0 Å². The van der Waals surface area contributed by atoms with Crippen LogP contribution in [-0.2, 0) is 10.2 Å². The molecule has 2 N–H and O–H groups in total. The van der Waals surface area contributed by atoms with Crippen LogP contribution in [0.3, 0.4) is 0 Å². The molecule has 0 bridgehead atoms. The number of carbonyl (C=O) groups excluding carboxylic acids is 1. The van der Waals surface area contributed by atoms with Crippen molar-refractivity contribution in [2.24, 2.45) is 27.6 Å². The Hall–Kier alpha value is -2.23. The van der Waals surface area contributed by atoms with E-state index in [0.717, 1.165) is 75.2 Å². The van der Waals surface area contributed by atoms with Crippen LogP contribution in [0.25, 0.3) is 12.7 Å². The van der Waals surface area contributed by atoms with Gasteiger partial charge in [-0.3, -0.25) is 4.79 Å². The molecule has 1 amide bonds. The third-order valence-corrected chi connectivity index (χ3v) is 12.6. The molecule has 4 aliphatic carbocycles. The van der Waals surface area contributed by atoms with Crippen molar-refractivity contribution in [3.63, 3.8) is 0 Å². The Balaban J connectivity index is 1.44. The minimum atomic E-state index is -0.262. The fourth-order valence-corrected chi connectivity index (χ4v) is 9.86. The fraction of sp³-hybridized carbons (Fsp3) is 0.667. The predicted molar refractivity (Wildman–Crippen MR) is 148 cm³/mol. The Labute approximate surface area is 222 Å². The van der Waals surface area contributed by atoms with Gasteiger partial charge in [-0.1, -0.05) is 58.9 Å². The molecule has 0 aromatic heterocycles. The average Bonchev–Trinajstić information content (AvgIpc) is 3.40. The van der Waals surface area contributed by atoms with E-state index < -0.39 is 0 Å². The van der Waals surface area contributed by atoms with E-state index in [4.69, 9.17) is 0 Å². The number of carbonyl (C=O) groups is 1. The topological polar surface area (TPSA) is 60.8 Å². The van der Waals surface area contributed by atoms with E-state index in [1.54, 1.807) is 6.07 Å². The van der Waals surface area contributed by atoms with Crippen LogP contribution in [0.1, 0.15) is 98.0 Å². The molecule has 1 saturated heterocycles. The van der Waals surface area contributed by atoms with Crippen molar-refractivity contribution < 1.29 is 15.0 Å². The summed E-state index contributed by atoms with van der Waals surface area (Å²) in [7, 11) is 0. The first-order chi connectivity index (χ1) is 17.3. The van der Waals surface area contributed by atoms with E-state index in [1.807, 2.05) is 0 Å². The quantitative estimate of drug-likeness (QED) is 0.496. The van der Waals surface area contributed by atoms with Gasteiger partial charge in [0.25, 0.3) is 0 Å². The number of amides is 1. The van der Waals surface area contributed by atoms with E-state index in [9.17, 15) is 15.0 Å². The summed E-state index contributed by atoms with van der Waals surface area (Å²) in [4.78, 5) is 16.0. The van der Waals surface area contributed by atoms with Crippen LogP contribution in [0.5, 0.6) is 11.5 Å². The van der Waals surface area contributed by atoms with Crippen LogP contribution in [0.2, 0.25) is 0 Å². The van der Waals surface area contributed by atoms with Gasteiger partial charge in [-0.25, -0.2) is 0 Å². The SMILES string of the molecule is C=c1c(O)c(O)cc2c1=CC=C1[C@@]2(C)CC[C@@]2(C)[C@@H]3C[C@](C)(C(=O)N4CCCC4)CC[C@]3(C)CC[C@]12C. The van der Waals surface area contributed by atoms with Gasteiger partial charge in [-0.2, -0.15) is 0 Å². The predicted octanol–water partition coefficient (Wildman–Crippen LogP) is 5.52. The van der Waals surface area contributed by atoms with Gasteiger partial charge in [-0.05, 0) is 96.8 Å². The average molecular weight is 504 g/mol. The Morgan fingerprint density at radius 3 is 2.32 bits per heavy atom. The van der Waals surface area contributed by atoms with E-state index in [0.29, 0.717) is 17.0 Å². The van der Waals surface area contributed by atoms with Crippen molar-refractivity contribution in [1.29, 1.82) is 0 Å². The van der Waals surface area contributed by atoms with Crippen LogP contribution >= 0.6 is 0 Å². The van der Waals surface area contributed by atoms with Gasteiger partial charge in [0.2, 0.25) is 5.91 Å². The lowest BCUT2D eigenvalue weighted by atomic mass is 9.34. The third-order valence-electron chi connectivity index (χ3n) is 12.6. The number of nitrogens with zero attached hydrogens (tertiary/aromatic N) is 1. The van der Waals surface area contributed by atoms with Gasteiger partial charge in [0.1, 0.15) is 0 Å². The molecular formula is C33H45NO3. The number of likely N-dealkylation sites (tertiary alicyclic amines) is 1. The van der Waals surface area contributed by atoms with E-state index in [1.165, 1.54) is 12.0 Å². The zero-order chi connectivity index (χ0) is 26.6. The highest BCUT2D eigenvalue weighted by Crippen LogP contribution is 2.74. The summed E-state index contributed by atoms with van der Waals surface area (Å²) in [6.45, 7) is 18.1. The third kappa shape index (κ3) is 3.11. The van der Waals surface area contributed by atoms with Crippen LogP contribution in [-0.4, -0.2) is 34.1 Å². The lowest BCUT2D eigenvalue weighted by Gasteiger charge is -2.69. The largest absolute Gasteiger partial charge is 0.504 e. The second kappa shape index (κ2) is 7.67. The molecule has 1 aromatic rings. The van der Waals surface area contributed by atoms with E-state index >= 15 is 0 Å². The first kappa shape index (κ1) is 25.1. The molecule has 3 saturated carbocycles. The highest BCUT2D eigenvalue weighted by molar-refractivity contribution is 5.82. The molecule has 0 spiro atoms. The zero-order valence-corrected chi connectivity index (χ0v) is 23.5. The van der Waals surface area contributed by atoms with Crippen LogP contribution in [0.15, 0.2) is 17.7 Å². The lowest BCUT2D eigenvalue weighted by molar-refractivity contribution is -0.172. The summed E-state index contributed by atoms with van der Waals surface area (Å²) in [5.41, 5.74) is 2.47. The maximum absolute atomic E-state index is 13.8. The molecule has 4 nitrogen and oxygen atoms in total. The second-order valence-electron chi connectivity index (χ2n) is 14.5. The van der Waals surface area contributed by atoms with E-state index in [-0.39, 0.29) is 38.6 Å². The smallest absolute Gasteiger partial charge is 0.228 e. The zero-order valence-electron chi connectivity index (χ0n) is 23.5. The maximum atomic E-state index is 13.8. The number of rotatable bonds is 1. The van der Waals surface area contributed by atoms with Crippen molar-refractivity contribution in [1.82, 2.24) is 4.90 Å². The molecule has 1 aromatic carbocycles. The van der Waals surface area contributed by atoms with Crippen molar-refractivity contribution in [2.75, 3.05) is 13.1 Å². The molecule has 0 radical (unpaired) electrons.